The molecule has 3 rings (SSSR count). The molecule has 21 heavy (non-hydrogen) atoms. The van der Waals surface area contributed by atoms with Crippen molar-refractivity contribution in [1.82, 2.24) is 9.29 Å². The van der Waals surface area contributed by atoms with Crippen LogP contribution >= 0.6 is 0 Å². The van der Waals surface area contributed by atoms with Crippen molar-refractivity contribution in [2.45, 2.75) is 37.7 Å². The van der Waals surface area contributed by atoms with E-state index in [1.54, 1.807) is 10.5 Å². The van der Waals surface area contributed by atoms with Crippen LogP contribution in [0, 0.1) is 0 Å². The molecule has 0 amide bonds. The number of morpholine rings is 1. The summed E-state index contributed by atoms with van der Waals surface area (Å²) in [5, 5.41) is 0. The highest BCUT2D eigenvalue weighted by atomic mass is 32.2. The molecule has 0 spiro atoms. The molecule has 2 aliphatic rings. The van der Waals surface area contributed by atoms with E-state index in [1.807, 2.05) is 18.2 Å². The van der Waals surface area contributed by atoms with Gasteiger partial charge in [0.05, 0.1) is 37.3 Å². The van der Waals surface area contributed by atoms with Crippen LogP contribution in [0.15, 0.2) is 24.4 Å². The van der Waals surface area contributed by atoms with E-state index in [9.17, 15) is 8.42 Å². The van der Waals surface area contributed by atoms with Gasteiger partial charge >= 0.3 is 0 Å². The lowest BCUT2D eigenvalue weighted by atomic mass is 10.1. The van der Waals surface area contributed by atoms with Crippen molar-refractivity contribution >= 4 is 10.0 Å². The van der Waals surface area contributed by atoms with E-state index >= 15 is 0 Å². The highest BCUT2D eigenvalue weighted by Crippen LogP contribution is 2.33. The van der Waals surface area contributed by atoms with Crippen LogP contribution in [-0.2, 0) is 26.1 Å². The Morgan fingerprint density at radius 1 is 1.43 bits per heavy atom. The van der Waals surface area contributed by atoms with Gasteiger partial charge in [-0.1, -0.05) is 6.07 Å². The Hall–Kier alpha value is -1.02. The van der Waals surface area contributed by atoms with Gasteiger partial charge in [0.2, 0.25) is 10.0 Å². The van der Waals surface area contributed by atoms with Gasteiger partial charge in [-0.2, -0.15) is 4.31 Å². The van der Waals surface area contributed by atoms with Gasteiger partial charge in [0.25, 0.3) is 0 Å². The second kappa shape index (κ2) is 6.00. The summed E-state index contributed by atoms with van der Waals surface area (Å²) in [4.78, 5) is 4.23. The Balaban J connectivity index is 1.64. The number of fused-ring (bicyclic) bond motifs is 1. The first-order valence-corrected chi connectivity index (χ1v) is 9.00. The van der Waals surface area contributed by atoms with Crippen LogP contribution in [0.3, 0.4) is 0 Å². The molecule has 1 aromatic heterocycles. The fourth-order valence-electron chi connectivity index (χ4n) is 3.15. The Morgan fingerprint density at radius 2 is 2.29 bits per heavy atom. The monoisotopic (exact) mass is 312 g/mol. The predicted molar refractivity (Wildman–Crippen MR) is 77.1 cm³/mol. The molecule has 1 aliphatic carbocycles. The van der Waals surface area contributed by atoms with E-state index in [2.05, 4.69) is 4.98 Å². The van der Waals surface area contributed by atoms with Crippen LogP contribution in [0.5, 0.6) is 0 Å². The summed E-state index contributed by atoms with van der Waals surface area (Å²) in [6.45, 7) is 1.29. The van der Waals surface area contributed by atoms with E-state index < -0.39 is 10.0 Å². The van der Waals surface area contributed by atoms with Crippen LogP contribution < -0.4 is 0 Å². The summed E-state index contributed by atoms with van der Waals surface area (Å²) in [5.41, 5.74) is 0.872. The molecule has 0 aromatic carbocycles. The number of sulfonamides is 1. The smallest absolute Gasteiger partial charge is 0.211 e. The van der Waals surface area contributed by atoms with Gasteiger partial charge in [-0.3, -0.25) is 4.98 Å². The van der Waals surface area contributed by atoms with Gasteiger partial charge in [0, 0.05) is 12.7 Å². The molecule has 0 bridgehead atoms. The van der Waals surface area contributed by atoms with Gasteiger partial charge in [0.1, 0.15) is 6.10 Å². The highest BCUT2D eigenvalue weighted by Gasteiger charge is 2.46. The summed E-state index contributed by atoms with van der Waals surface area (Å²) >= 11 is 0. The van der Waals surface area contributed by atoms with Crippen LogP contribution in [0.25, 0.3) is 0 Å². The van der Waals surface area contributed by atoms with Crippen molar-refractivity contribution in [3.05, 3.63) is 30.1 Å². The first-order chi connectivity index (χ1) is 10.1. The normalized spacial score (nSPS) is 30.2. The quantitative estimate of drug-likeness (QED) is 0.822. The molecule has 6 nitrogen and oxygen atoms in total. The van der Waals surface area contributed by atoms with Crippen LogP contribution in [0.4, 0.5) is 0 Å². The van der Waals surface area contributed by atoms with Crippen molar-refractivity contribution in [1.29, 1.82) is 0 Å². The minimum Gasteiger partial charge on any atom is -0.372 e. The molecule has 1 saturated carbocycles. The third-order valence-corrected chi connectivity index (χ3v) is 5.39. The number of rotatable bonds is 4. The van der Waals surface area contributed by atoms with Gasteiger partial charge in [0.15, 0.2) is 0 Å². The first kappa shape index (κ1) is 14.9. The molecule has 1 aromatic rings. The molecular weight excluding hydrogens is 292 g/mol. The minimum atomic E-state index is -3.19. The fourth-order valence-corrected chi connectivity index (χ4v) is 4.27. The lowest BCUT2D eigenvalue weighted by Crippen LogP contribution is -2.53. The molecule has 3 atom stereocenters. The zero-order chi connectivity index (χ0) is 14.9. The average Bonchev–Trinajstić information content (AvgIpc) is 2.88. The molecule has 2 heterocycles. The lowest BCUT2D eigenvalue weighted by molar-refractivity contribution is -0.101. The standard InChI is InChI=1S/C14H20N2O4S/c1-21(17,18)16-8-9-19-14-12(16)5-6-13(14)20-10-11-4-2-3-7-15-11/h2-4,7,12-14H,5-6,8-10H2,1H3/t12-,13+,14+/m0/s1. The summed E-state index contributed by atoms with van der Waals surface area (Å²) in [6, 6.07) is 5.61. The molecule has 0 radical (unpaired) electrons. The molecule has 0 unspecified atom stereocenters. The van der Waals surface area contributed by atoms with Gasteiger partial charge < -0.3 is 9.47 Å². The van der Waals surface area contributed by atoms with E-state index in [-0.39, 0.29) is 18.2 Å². The Morgan fingerprint density at radius 3 is 3.00 bits per heavy atom. The van der Waals surface area contributed by atoms with E-state index in [4.69, 9.17) is 9.47 Å². The summed E-state index contributed by atoms with van der Waals surface area (Å²) < 4.78 is 36.9. The van der Waals surface area contributed by atoms with E-state index in [1.165, 1.54) is 6.26 Å². The van der Waals surface area contributed by atoms with Crippen LogP contribution in [0.2, 0.25) is 0 Å². The fraction of sp³-hybridized carbons (Fsp3) is 0.643. The highest BCUT2D eigenvalue weighted by molar-refractivity contribution is 7.88. The van der Waals surface area contributed by atoms with Gasteiger partial charge in [-0.25, -0.2) is 8.42 Å². The van der Waals surface area contributed by atoms with Crippen LogP contribution in [-0.4, -0.2) is 55.4 Å². The zero-order valence-corrected chi connectivity index (χ0v) is 12.8. The van der Waals surface area contributed by atoms with Crippen molar-refractivity contribution in [2.24, 2.45) is 0 Å². The first-order valence-electron chi connectivity index (χ1n) is 7.15. The molecule has 2 fully saturated rings. The third-order valence-electron chi connectivity index (χ3n) is 4.08. The number of ether oxygens (including phenoxy) is 2. The van der Waals surface area contributed by atoms with E-state index in [0.717, 1.165) is 18.5 Å². The Kier molecular flexibility index (Phi) is 4.26. The largest absolute Gasteiger partial charge is 0.372 e. The summed E-state index contributed by atoms with van der Waals surface area (Å²) in [7, 11) is -3.19. The molecule has 7 heteroatoms. The van der Waals surface area contributed by atoms with Gasteiger partial charge in [-0.15, -0.1) is 0 Å². The number of nitrogens with zero attached hydrogens (tertiary/aromatic N) is 2. The van der Waals surface area contributed by atoms with Gasteiger partial charge in [-0.05, 0) is 25.0 Å². The second-order valence-electron chi connectivity index (χ2n) is 5.52. The maximum absolute atomic E-state index is 11.8. The van der Waals surface area contributed by atoms with Crippen LogP contribution in [0.1, 0.15) is 18.5 Å². The number of pyridine rings is 1. The Labute approximate surface area is 125 Å². The van der Waals surface area contributed by atoms with Crippen molar-refractivity contribution in [3.8, 4) is 0 Å². The Bertz CT molecular complexity index is 578. The predicted octanol–water partition coefficient (Wildman–Crippen LogP) is 0.790. The molecular formula is C14H20N2O4S. The van der Waals surface area contributed by atoms with E-state index in [0.29, 0.717) is 19.8 Å². The van der Waals surface area contributed by atoms with Crippen molar-refractivity contribution in [2.75, 3.05) is 19.4 Å². The topological polar surface area (TPSA) is 68.7 Å². The number of hydrogen-bond donors (Lipinski definition) is 0. The lowest BCUT2D eigenvalue weighted by Gasteiger charge is -2.37. The molecule has 116 valence electrons. The second-order valence-corrected chi connectivity index (χ2v) is 7.46. The zero-order valence-electron chi connectivity index (χ0n) is 12.0. The molecule has 0 N–H and O–H groups in total. The third kappa shape index (κ3) is 3.26. The maximum atomic E-state index is 11.8. The number of hydrogen-bond acceptors (Lipinski definition) is 5. The minimum absolute atomic E-state index is 0.0680. The summed E-state index contributed by atoms with van der Waals surface area (Å²) in [5.74, 6) is 0. The van der Waals surface area contributed by atoms with Crippen molar-refractivity contribution < 1.29 is 17.9 Å². The maximum Gasteiger partial charge on any atom is 0.211 e. The summed E-state index contributed by atoms with van der Waals surface area (Å²) in [6.07, 6.45) is 4.35. The SMILES string of the molecule is CS(=O)(=O)N1CCO[C@H]2[C@H](OCc3ccccn3)CC[C@@H]21. The molecule has 1 aliphatic heterocycles. The van der Waals surface area contributed by atoms with Crippen molar-refractivity contribution in [3.63, 3.8) is 0 Å². The number of aromatic nitrogens is 1. The molecule has 1 saturated heterocycles. The average molecular weight is 312 g/mol.